The number of hydrogen-bond acceptors (Lipinski definition) is 4. The maximum atomic E-state index is 11.9. The molecule has 0 heterocycles. The minimum atomic E-state index is -0.700. The zero-order valence-electron chi connectivity index (χ0n) is 12.4. The summed E-state index contributed by atoms with van der Waals surface area (Å²) in [7, 11) is 4.84. The highest BCUT2D eigenvalue weighted by atomic mass is 35.5. The largest absolute Gasteiger partial charge is 0.385 e. The first kappa shape index (κ1) is 17.4. The van der Waals surface area contributed by atoms with Crippen LogP contribution in [0.5, 0.6) is 0 Å². The Morgan fingerprint density at radius 1 is 1.43 bits per heavy atom. The van der Waals surface area contributed by atoms with E-state index < -0.39 is 6.04 Å². The Kier molecular flexibility index (Phi) is 6.61. The number of ether oxygens (including phenoxy) is 1. The predicted octanol–water partition coefficient (Wildman–Crippen LogP) is 1.34. The number of halogens is 1. The molecule has 0 aromatic heterocycles. The van der Waals surface area contributed by atoms with Crippen LogP contribution in [-0.4, -0.2) is 50.6 Å². The van der Waals surface area contributed by atoms with Gasteiger partial charge < -0.3 is 20.7 Å². The number of amides is 2. The second-order valence-corrected chi connectivity index (χ2v) is 5.18. The second-order valence-electron chi connectivity index (χ2n) is 4.77. The van der Waals surface area contributed by atoms with Crippen LogP contribution in [-0.2, 0) is 9.53 Å². The van der Waals surface area contributed by atoms with Crippen molar-refractivity contribution in [3.05, 3.63) is 28.8 Å². The van der Waals surface area contributed by atoms with Gasteiger partial charge in [0.15, 0.2) is 0 Å². The first-order valence-electron chi connectivity index (χ1n) is 6.43. The number of carbonyl (C=O) groups is 2. The van der Waals surface area contributed by atoms with Gasteiger partial charge in [-0.1, -0.05) is 11.6 Å². The third kappa shape index (κ3) is 5.00. The number of nitrogens with zero attached hydrogens (tertiary/aromatic N) is 1. The third-order valence-corrected chi connectivity index (χ3v) is 3.18. The van der Waals surface area contributed by atoms with E-state index in [-0.39, 0.29) is 11.8 Å². The van der Waals surface area contributed by atoms with Gasteiger partial charge in [0, 0.05) is 33.4 Å². The number of rotatable bonds is 6. The maximum Gasteiger partial charge on any atom is 0.253 e. The Labute approximate surface area is 129 Å². The van der Waals surface area contributed by atoms with E-state index in [4.69, 9.17) is 22.1 Å². The molecule has 0 spiro atoms. The molecule has 1 aromatic rings. The Hall–Kier alpha value is -1.63. The molecule has 0 saturated carbocycles. The normalized spacial score (nSPS) is 11.9. The first-order chi connectivity index (χ1) is 9.86. The lowest BCUT2D eigenvalue weighted by Crippen LogP contribution is -2.36. The molecule has 21 heavy (non-hydrogen) atoms. The van der Waals surface area contributed by atoms with Gasteiger partial charge in [-0.3, -0.25) is 9.59 Å². The number of nitrogens with two attached hydrogens (primary N) is 1. The van der Waals surface area contributed by atoms with Crippen molar-refractivity contribution in [3.8, 4) is 0 Å². The van der Waals surface area contributed by atoms with Crippen molar-refractivity contribution in [2.24, 2.45) is 5.73 Å². The standard InChI is InChI=1S/C14H20ClN3O3/c1-18(2)14(20)9-4-5-10(15)12(8-9)17-13(19)11(16)6-7-21-3/h4-5,8,11H,6-7,16H2,1-3H3,(H,17,19). The summed E-state index contributed by atoms with van der Waals surface area (Å²) in [5, 5.41) is 2.98. The van der Waals surface area contributed by atoms with Crippen molar-refractivity contribution in [2.75, 3.05) is 33.1 Å². The van der Waals surface area contributed by atoms with Crippen LogP contribution in [0.25, 0.3) is 0 Å². The number of hydrogen-bond donors (Lipinski definition) is 2. The maximum absolute atomic E-state index is 11.9. The van der Waals surface area contributed by atoms with Gasteiger partial charge in [-0.15, -0.1) is 0 Å². The molecule has 0 saturated heterocycles. The van der Waals surface area contributed by atoms with Crippen LogP contribution in [0.3, 0.4) is 0 Å². The molecule has 3 N–H and O–H groups in total. The second kappa shape index (κ2) is 7.97. The molecule has 0 aliphatic heterocycles. The summed E-state index contributed by atoms with van der Waals surface area (Å²) in [5.41, 5.74) is 6.54. The van der Waals surface area contributed by atoms with Crippen LogP contribution in [0, 0.1) is 0 Å². The fourth-order valence-corrected chi connectivity index (χ4v) is 1.78. The molecule has 1 aromatic carbocycles. The summed E-state index contributed by atoms with van der Waals surface area (Å²) in [6.45, 7) is 0.390. The number of carbonyl (C=O) groups excluding carboxylic acids is 2. The number of methoxy groups -OCH3 is 1. The lowest BCUT2D eigenvalue weighted by molar-refractivity contribution is -0.117. The molecule has 0 aliphatic rings. The van der Waals surface area contributed by atoms with E-state index in [9.17, 15) is 9.59 Å². The van der Waals surface area contributed by atoms with Gasteiger partial charge in [0.05, 0.1) is 16.8 Å². The molecule has 2 amide bonds. The van der Waals surface area contributed by atoms with E-state index in [1.54, 1.807) is 26.2 Å². The summed E-state index contributed by atoms with van der Waals surface area (Å²) in [4.78, 5) is 25.3. The molecular formula is C14H20ClN3O3. The van der Waals surface area contributed by atoms with Crippen LogP contribution in [0.15, 0.2) is 18.2 Å². The lowest BCUT2D eigenvalue weighted by atomic mass is 10.1. The van der Waals surface area contributed by atoms with Crippen LogP contribution < -0.4 is 11.1 Å². The zero-order chi connectivity index (χ0) is 16.0. The smallest absolute Gasteiger partial charge is 0.253 e. The number of benzene rings is 1. The zero-order valence-corrected chi connectivity index (χ0v) is 13.1. The van der Waals surface area contributed by atoms with Gasteiger partial charge in [-0.05, 0) is 24.6 Å². The minimum Gasteiger partial charge on any atom is -0.385 e. The highest BCUT2D eigenvalue weighted by molar-refractivity contribution is 6.34. The van der Waals surface area contributed by atoms with E-state index in [2.05, 4.69) is 5.32 Å². The molecule has 1 unspecified atom stereocenters. The Balaban J connectivity index is 2.85. The molecular weight excluding hydrogens is 294 g/mol. The summed E-state index contributed by atoms with van der Waals surface area (Å²) in [5.74, 6) is -0.547. The Morgan fingerprint density at radius 2 is 2.10 bits per heavy atom. The molecule has 0 aliphatic carbocycles. The van der Waals surface area contributed by atoms with Crippen molar-refractivity contribution in [1.29, 1.82) is 0 Å². The molecule has 0 radical (unpaired) electrons. The fourth-order valence-electron chi connectivity index (χ4n) is 1.61. The summed E-state index contributed by atoms with van der Waals surface area (Å²) >= 11 is 6.03. The van der Waals surface area contributed by atoms with E-state index in [0.29, 0.717) is 29.3 Å². The quantitative estimate of drug-likeness (QED) is 0.830. The Morgan fingerprint density at radius 3 is 2.67 bits per heavy atom. The van der Waals surface area contributed by atoms with Crippen LogP contribution in [0.2, 0.25) is 5.02 Å². The van der Waals surface area contributed by atoms with E-state index in [1.165, 1.54) is 18.1 Å². The van der Waals surface area contributed by atoms with Gasteiger partial charge in [0.25, 0.3) is 5.91 Å². The fraction of sp³-hybridized carbons (Fsp3) is 0.429. The van der Waals surface area contributed by atoms with Gasteiger partial charge in [-0.25, -0.2) is 0 Å². The molecule has 0 bridgehead atoms. The lowest BCUT2D eigenvalue weighted by Gasteiger charge is -2.15. The number of anilines is 1. The monoisotopic (exact) mass is 313 g/mol. The summed E-state index contributed by atoms with van der Waals surface area (Å²) < 4.78 is 4.88. The molecule has 1 atom stereocenters. The van der Waals surface area contributed by atoms with Crippen molar-refractivity contribution >= 4 is 29.1 Å². The molecule has 7 heteroatoms. The van der Waals surface area contributed by atoms with Gasteiger partial charge in [0.2, 0.25) is 5.91 Å². The van der Waals surface area contributed by atoms with Crippen molar-refractivity contribution < 1.29 is 14.3 Å². The first-order valence-corrected chi connectivity index (χ1v) is 6.81. The highest BCUT2D eigenvalue weighted by Crippen LogP contribution is 2.23. The molecule has 116 valence electrons. The van der Waals surface area contributed by atoms with Gasteiger partial charge >= 0.3 is 0 Å². The molecule has 0 fully saturated rings. The van der Waals surface area contributed by atoms with Crippen molar-refractivity contribution in [2.45, 2.75) is 12.5 Å². The highest BCUT2D eigenvalue weighted by Gasteiger charge is 2.16. The van der Waals surface area contributed by atoms with Crippen LogP contribution in [0.4, 0.5) is 5.69 Å². The topological polar surface area (TPSA) is 84.7 Å². The van der Waals surface area contributed by atoms with Crippen LogP contribution in [0.1, 0.15) is 16.8 Å². The average Bonchev–Trinajstić information content (AvgIpc) is 2.45. The van der Waals surface area contributed by atoms with E-state index in [1.807, 2.05) is 0 Å². The Bertz CT molecular complexity index is 520. The molecule has 6 nitrogen and oxygen atoms in total. The van der Waals surface area contributed by atoms with Gasteiger partial charge in [0.1, 0.15) is 0 Å². The van der Waals surface area contributed by atoms with E-state index in [0.717, 1.165) is 0 Å². The SMILES string of the molecule is COCCC(N)C(=O)Nc1cc(C(=O)N(C)C)ccc1Cl. The van der Waals surface area contributed by atoms with E-state index >= 15 is 0 Å². The van der Waals surface area contributed by atoms with Crippen LogP contribution >= 0.6 is 11.6 Å². The molecule has 1 rings (SSSR count). The van der Waals surface area contributed by atoms with Crippen molar-refractivity contribution in [1.82, 2.24) is 4.90 Å². The summed E-state index contributed by atoms with van der Waals surface area (Å²) in [6.07, 6.45) is 0.399. The average molecular weight is 314 g/mol. The van der Waals surface area contributed by atoms with Crippen molar-refractivity contribution in [3.63, 3.8) is 0 Å². The third-order valence-electron chi connectivity index (χ3n) is 2.85. The summed E-state index contributed by atoms with van der Waals surface area (Å²) in [6, 6.07) is 4.00. The predicted molar refractivity (Wildman–Crippen MR) is 82.6 cm³/mol. The minimum absolute atomic E-state index is 0.175. The number of nitrogens with one attached hydrogen (secondary N) is 1. The van der Waals surface area contributed by atoms with Gasteiger partial charge in [-0.2, -0.15) is 0 Å².